The SMILES string of the molecule is CCC(NC(=O)/C(=C/c1ccco1)NC(=O)c1cccc(C)c1)c1ccc(C)cc1C. The van der Waals surface area contributed by atoms with E-state index in [0.29, 0.717) is 11.3 Å². The maximum atomic E-state index is 13.2. The summed E-state index contributed by atoms with van der Waals surface area (Å²) in [5, 5.41) is 5.81. The molecule has 1 unspecified atom stereocenters. The van der Waals surface area contributed by atoms with E-state index in [1.165, 1.54) is 17.9 Å². The van der Waals surface area contributed by atoms with Crippen molar-refractivity contribution in [3.05, 3.63) is 100 Å². The molecule has 3 aromatic rings. The summed E-state index contributed by atoms with van der Waals surface area (Å²) in [7, 11) is 0. The Hall–Kier alpha value is -3.60. The highest BCUT2D eigenvalue weighted by atomic mass is 16.3. The fraction of sp³-hybridized carbons (Fsp3) is 0.231. The van der Waals surface area contributed by atoms with Gasteiger partial charge in [0.15, 0.2) is 0 Å². The summed E-state index contributed by atoms with van der Waals surface area (Å²) in [6, 6.07) is 16.7. The monoisotopic (exact) mass is 416 g/mol. The third-order valence-corrected chi connectivity index (χ3v) is 5.12. The minimum Gasteiger partial charge on any atom is -0.465 e. The molecule has 2 amide bonds. The zero-order valence-corrected chi connectivity index (χ0v) is 18.4. The number of furan rings is 1. The van der Waals surface area contributed by atoms with Crippen LogP contribution in [0.5, 0.6) is 0 Å². The zero-order chi connectivity index (χ0) is 22.4. The van der Waals surface area contributed by atoms with Crippen molar-refractivity contribution in [2.24, 2.45) is 0 Å². The number of carbonyl (C=O) groups is 2. The Morgan fingerprint density at radius 2 is 1.77 bits per heavy atom. The number of amides is 2. The molecular weight excluding hydrogens is 388 g/mol. The first kappa shape index (κ1) is 22.1. The van der Waals surface area contributed by atoms with Gasteiger partial charge < -0.3 is 15.1 Å². The molecule has 0 radical (unpaired) electrons. The maximum Gasteiger partial charge on any atom is 0.268 e. The van der Waals surface area contributed by atoms with E-state index in [-0.39, 0.29) is 23.6 Å². The molecule has 31 heavy (non-hydrogen) atoms. The van der Waals surface area contributed by atoms with Crippen LogP contribution in [0.4, 0.5) is 0 Å². The van der Waals surface area contributed by atoms with Crippen LogP contribution in [0.2, 0.25) is 0 Å². The fourth-order valence-corrected chi connectivity index (χ4v) is 3.51. The standard InChI is InChI=1S/C26H28N2O3/c1-5-23(22-12-11-18(3)14-19(22)4)27-26(30)24(16-21-10-7-13-31-21)28-25(29)20-9-6-8-17(2)15-20/h6-16,23H,5H2,1-4H3,(H,27,30)(H,28,29)/b24-16-. The predicted molar refractivity (Wildman–Crippen MR) is 122 cm³/mol. The van der Waals surface area contributed by atoms with Gasteiger partial charge in [-0.25, -0.2) is 0 Å². The molecule has 5 nitrogen and oxygen atoms in total. The van der Waals surface area contributed by atoms with E-state index in [1.54, 1.807) is 24.3 Å². The van der Waals surface area contributed by atoms with Crippen LogP contribution >= 0.6 is 0 Å². The Morgan fingerprint density at radius 3 is 2.42 bits per heavy atom. The summed E-state index contributed by atoms with van der Waals surface area (Å²) in [6.07, 6.45) is 3.78. The number of benzene rings is 2. The van der Waals surface area contributed by atoms with Crippen LogP contribution in [-0.2, 0) is 4.79 Å². The molecule has 0 aliphatic carbocycles. The number of hydrogen-bond donors (Lipinski definition) is 2. The number of carbonyl (C=O) groups excluding carboxylic acids is 2. The van der Waals surface area contributed by atoms with Crippen molar-refractivity contribution >= 4 is 17.9 Å². The predicted octanol–water partition coefficient (Wildman–Crippen LogP) is 5.24. The van der Waals surface area contributed by atoms with E-state index in [1.807, 2.05) is 52.0 Å². The lowest BCUT2D eigenvalue weighted by Gasteiger charge is -2.21. The average Bonchev–Trinajstić information content (AvgIpc) is 3.25. The summed E-state index contributed by atoms with van der Waals surface area (Å²) in [5.74, 6) is -0.241. The van der Waals surface area contributed by atoms with Gasteiger partial charge in [0.25, 0.3) is 11.8 Å². The highest BCUT2D eigenvalue weighted by Crippen LogP contribution is 2.22. The molecule has 5 heteroatoms. The minimum absolute atomic E-state index is 0.129. The molecule has 0 aliphatic rings. The maximum absolute atomic E-state index is 13.2. The third-order valence-electron chi connectivity index (χ3n) is 5.12. The molecule has 160 valence electrons. The van der Waals surface area contributed by atoms with Gasteiger partial charge in [0.2, 0.25) is 0 Å². The molecule has 1 atom stereocenters. The molecule has 2 aromatic carbocycles. The van der Waals surface area contributed by atoms with Crippen molar-refractivity contribution in [3.8, 4) is 0 Å². The first-order valence-corrected chi connectivity index (χ1v) is 10.4. The molecule has 0 bridgehead atoms. The van der Waals surface area contributed by atoms with Gasteiger partial charge in [-0.3, -0.25) is 9.59 Å². The van der Waals surface area contributed by atoms with Gasteiger partial charge in [-0.2, -0.15) is 0 Å². The normalized spacial score (nSPS) is 12.3. The van der Waals surface area contributed by atoms with E-state index in [0.717, 1.165) is 23.1 Å². The van der Waals surface area contributed by atoms with Crippen LogP contribution in [0.1, 0.15) is 57.8 Å². The summed E-state index contributed by atoms with van der Waals surface area (Å²) in [4.78, 5) is 26.0. The Labute approximate surface area is 183 Å². The second kappa shape index (κ2) is 9.94. The van der Waals surface area contributed by atoms with Crippen molar-refractivity contribution in [2.45, 2.75) is 40.2 Å². The molecule has 2 N–H and O–H groups in total. The highest BCUT2D eigenvalue weighted by molar-refractivity contribution is 6.05. The number of hydrogen-bond acceptors (Lipinski definition) is 3. The van der Waals surface area contributed by atoms with Gasteiger partial charge in [0.05, 0.1) is 12.3 Å². The largest absolute Gasteiger partial charge is 0.465 e. The van der Waals surface area contributed by atoms with Crippen molar-refractivity contribution in [3.63, 3.8) is 0 Å². The van der Waals surface area contributed by atoms with Crippen molar-refractivity contribution in [1.82, 2.24) is 10.6 Å². The average molecular weight is 417 g/mol. The Morgan fingerprint density at radius 1 is 1.00 bits per heavy atom. The van der Waals surface area contributed by atoms with Crippen LogP contribution in [0.15, 0.2) is 71.0 Å². The summed E-state index contributed by atoms with van der Waals surface area (Å²) in [5.41, 5.74) is 4.93. The molecule has 0 spiro atoms. The molecule has 0 saturated carbocycles. The topological polar surface area (TPSA) is 71.3 Å². The number of rotatable bonds is 7. The smallest absolute Gasteiger partial charge is 0.268 e. The van der Waals surface area contributed by atoms with E-state index >= 15 is 0 Å². The fourth-order valence-electron chi connectivity index (χ4n) is 3.51. The lowest BCUT2D eigenvalue weighted by atomic mass is 9.97. The lowest BCUT2D eigenvalue weighted by Crippen LogP contribution is -2.37. The van der Waals surface area contributed by atoms with Crippen molar-refractivity contribution in [1.29, 1.82) is 0 Å². The van der Waals surface area contributed by atoms with Crippen molar-refractivity contribution < 1.29 is 14.0 Å². The zero-order valence-electron chi connectivity index (χ0n) is 18.4. The van der Waals surface area contributed by atoms with E-state index < -0.39 is 0 Å². The van der Waals surface area contributed by atoms with Crippen LogP contribution < -0.4 is 10.6 Å². The quantitative estimate of drug-likeness (QED) is 0.517. The van der Waals surface area contributed by atoms with Gasteiger partial charge in [0, 0.05) is 11.6 Å². The van der Waals surface area contributed by atoms with Crippen LogP contribution in [0.3, 0.4) is 0 Å². The van der Waals surface area contributed by atoms with Gasteiger partial charge in [-0.15, -0.1) is 0 Å². The Bertz CT molecular complexity index is 1100. The Kier molecular flexibility index (Phi) is 7.08. The lowest BCUT2D eigenvalue weighted by molar-refractivity contribution is -0.118. The first-order chi connectivity index (χ1) is 14.9. The molecule has 0 aliphatic heterocycles. The van der Waals surface area contributed by atoms with Crippen molar-refractivity contribution in [2.75, 3.05) is 0 Å². The molecule has 0 fully saturated rings. The van der Waals surface area contributed by atoms with Gasteiger partial charge in [-0.1, -0.05) is 48.4 Å². The third kappa shape index (κ3) is 5.72. The van der Waals surface area contributed by atoms with Crippen LogP contribution in [0, 0.1) is 20.8 Å². The summed E-state index contributed by atoms with van der Waals surface area (Å²) >= 11 is 0. The number of aryl methyl sites for hydroxylation is 3. The summed E-state index contributed by atoms with van der Waals surface area (Å²) in [6.45, 7) is 8.02. The van der Waals surface area contributed by atoms with Gasteiger partial charge >= 0.3 is 0 Å². The van der Waals surface area contributed by atoms with Crippen LogP contribution in [-0.4, -0.2) is 11.8 Å². The van der Waals surface area contributed by atoms with E-state index in [2.05, 4.69) is 16.7 Å². The van der Waals surface area contributed by atoms with Gasteiger partial charge in [-0.05, 0) is 62.6 Å². The van der Waals surface area contributed by atoms with E-state index in [9.17, 15) is 9.59 Å². The second-order valence-corrected chi connectivity index (χ2v) is 7.69. The molecule has 1 heterocycles. The summed E-state index contributed by atoms with van der Waals surface area (Å²) < 4.78 is 5.36. The first-order valence-electron chi connectivity index (χ1n) is 10.4. The van der Waals surface area contributed by atoms with Gasteiger partial charge in [0.1, 0.15) is 11.5 Å². The molecule has 0 saturated heterocycles. The minimum atomic E-state index is -0.371. The Balaban J connectivity index is 1.86. The highest BCUT2D eigenvalue weighted by Gasteiger charge is 2.20. The molecule has 3 rings (SSSR count). The number of nitrogens with one attached hydrogen (secondary N) is 2. The van der Waals surface area contributed by atoms with E-state index in [4.69, 9.17) is 4.42 Å². The second-order valence-electron chi connectivity index (χ2n) is 7.69. The molecular formula is C26H28N2O3. The molecule has 1 aromatic heterocycles. The van der Waals surface area contributed by atoms with Crippen LogP contribution in [0.25, 0.3) is 6.08 Å².